The Morgan fingerprint density at radius 1 is 1.26 bits per heavy atom. The van der Waals surface area contributed by atoms with Crippen molar-refractivity contribution >= 4 is 17.5 Å². The Hall–Kier alpha value is -1.10. The molecule has 1 fully saturated rings. The van der Waals surface area contributed by atoms with E-state index in [9.17, 15) is 4.79 Å². The fraction of sp³-hybridized carbons (Fsp3) is 0.611. The second kappa shape index (κ2) is 9.26. The normalized spacial score (nSPS) is 17.0. The van der Waals surface area contributed by atoms with E-state index in [4.69, 9.17) is 11.6 Å². The first-order valence-corrected chi connectivity index (χ1v) is 9.04. The van der Waals surface area contributed by atoms with Crippen LogP contribution in [0.15, 0.2) is 24.3 Å². The zero-order valence-electron chi connectivity index (χ0n) is 14.2. The van der Waals surface area contributed by atoms with Crippen molar-refractivity contribution in [1.29, 1.82) is 0 Å². The van der Waals surface area contributed by atoms with Crippen molar-refractivity contribution in [2.75, 3.05) is 39.3 Å². The largest absolute Gasteiger partial charge is 0.341 e. The van der Waals surface area contributed by atoms with Crippen LogP contribution in [0, 0.1) is 0 Å². The molecular weight excluding hydrogens is 310 g/mol. The number of nitrogens with zero attached hydrogens (tertiary/aromatic N) is 2. The summed E-state index contributed by atoms with van der Waals surface area (Å²) in [4.78, 5) is 17.5. The molecule has 1 aliphatic rings. The average Bonchev–Trinajstić information content (AvgIpc) is 2.56. The van der Waals surface area contributed by atoms with Crippen LogP contribution in [-0.4, -0.2) is 55.0 Å². The minimum absolute atomic E-state index is 0.206. The van der Waals surface area contributed by atoms with E-state index in [1.165, 1.54) is 0 Å². The first kappa shape index (κ1) is 18.2. The smallest absolute Gasteiger partial charge is 0.244 e. The molecule has 1 aromatic carbocycles. The van der Waals surface area contributed by atoms with Gasteiger partial charge in [-0.3, -0.25) is 9.69 Å². The van der Waals surface area contributed by atoms with Gasteiger partial charge in [0.25, 0.3) is 0 Å². The zero-order valence-corrected chi connectivity index (χ0v) is 15.0. The summed E-state index contributed by atoms with van der Waals surface area (Å²) in [5.74, 6) is 0.206. The first-order valence-electron chi connectivity index (χ1n) is 8.66. The molecule has 4 nitrogen and oxygen atoms in total. The molecule has 0 saturated carbocycles. The van der Waals surface area contributed by atoms with Crippen LogP contribution in [0.1, 0.15) is 38.3 Å². The van der Waals surface area contributed by atoms with Crippen molar-refractivity contribution in [3.05, 3.63) is 34.9 Å². The number of nitrogens with one attached hydrogen (secondary N) is 1. The molecule has 1 N–H and O–H groups in total. The summed E-state index contributed by atoms with van der Waals surface area (Å²) in [5, 5.41) is 4.05. The highest BCUT2D eigenvalue weighted by atomic mass is 35.5. The van der Waals surface area contributed by atoms with Gasteiger partial charge in [0, 0.05) is 44.3 Å². The van der Waals surface area contributed by atoms with Crippen molar-refractivity contribution in [3.8, 4) is 0 Å². The molecule has 2 rings (SSSR count). The molecule has 23 heavy (non-hydrogen) atoms. The second-order valence-corrected chi connectivity index (χ2v) is 6.51. The minimum atomic E-state index is -0.228. The number of carbonyl (C=O) groups is 1. The van der Waals surface area contributed by atoms with Crippen LogP contribution in [0.5, 0.6) is 0 Å². The minimum Gasteiger partial charge on any atom is -0.341 e. The van der Waals surface area contributed by atoms with Gasteiger partial charge in [0.1, 0.15) is 6.04 Å². The third-order valence-electron chi connectivity index (χ3n) is 4.21. The second-order valence-electron chi connectivity index (χ2n) is 6.07. The summed E-state index contributed by atoms with van der Waals surface area (Å²) < 4.78 is 0. The molecule has 5 heteroatoms. The number of halogens is 1. The molecule has 1 aliphatic heterocycles. The van der Waals surface area contributed by atoms with Crippen molar-refractivity contribution in [2.24, 2.45) is 0 Å². The van der Waals surface area contributed by atoms with E-state index in [1.807, 2.05) is 29.2 Å². The third-order valence-corrected chi connectivity index (χ3v) is 4.45. The highest BCUT2D eigenvalue weighted by Gasteiger charge is 2.31. The summed E-state index contributed by atoms with van der Waals surface area (Å²) in [6.45, 7) is 9.48. The van der Waals surface area contributed by atoms with Crippen LogP contribution >= 0.6 is 11.6 Å². The molecule has 0 aliphatic carbocycles. The molecule has 0 radical (unpaired) electrons. The van der Waals surface area contributed by atoms with Crippen LogP contribution in [0.4, 0.5) is 0 Å². The van der Waals surface area contributed by atoms with E-state index in [0.717, 1.165) is 57.7 Å². The Morgan fingerprint density at radius 2 is 1.91 bits per heavy atom. The summed E-state index contributed by atoms with van der Waals surface area (Å²) in [6.07, 6.45) is 1.96. The van der Waals surface area contributed by atoms with Crippen molar-refractivity contribution in [2.45, 2.75) is 32.7 Å². The van der Waals surface area contributed by atoms with E-state index in [2.05, 4.69) is 24.1 Å². The van der Waals surface area contributed by atoms with Gasteiger partial charge < -0.3 is 10.2 Å². The van der Waals surface area contributed by atoms with Gasteiger partial charge in [-0.15, -0.1) is 0 Å². The molecule has 1 aromatic rings. The number of rotatable bonds is 7. The molecule has 1 heterocycles. The maximum Gasteiger partial charge on any atom is 0.244 e. The van der Waals surface area contributed by atoms with Gasteiger partial charge in [0.15, 0.2) is 0 Å². The standard InChI is InChI=1S/C18H28ClN3O/c1-3-10-22(11-4-2)18(23)17(21-12-8-20-9-13-21)15-6-5-7-16(19)14-15/h5-7,14,17,20H,3-4,8-13H2,1-2H3. The highest BCUT2D eigenvalue weighted by molar-refractivity contribution is 6.30. The number of hydrogen-bond donors (Lipinski definition) is 1. The van der Waals surface area contributed by atoms with E-state index < -0.39 is 0 Å². The fourth-order valence-corrected chi connectivity index (χ4v) is 3.37. The Morgan fingerprint density at radius 3 is 2.48 bits per heavy atom. The van der Waals surface area contributed by atoms with Crippen LogP contribution < -0.4 is 5.32 Å². The lowest BCUT2D eigenvalue weighted by atomic mass is 10.0. The van der Waals surface area contributed by atoms with Gasteiger partial charge in [-0.2, -0.15) is 0 Å². The Bertz CT molecular complexity index is 497. The first-order chi connectivity index (χ1) is 11.2. The lowest BCUT2D eigenvalue weighted by molar-refractivity contribution is -0.137. The van der Waals surface area contributed by atoms with Gasteiger partial charge in [-0.05, 0) is 30.5 Å². The van der Waals surface area contributed by atoms with Gasteiger partial charge in [0.05, 0.1) is 0 Å². The monoisotopic (exact) mass is 337 g/mol. The quantitative estimate of drug-likeness (QED) is 0.831. The van der Waals surface area contributed by atoms with Crippen LogP contribution in [0.3, 0.4) is 0 Å². The Labute approximate surface area is 144 Å². The lowest BCUT2D eigenvalue weighted by Crippen LogP contribution is -2.50. The molecule has 0 spiro atoms. The van der Waals surface area contributed by atoms with Crippen molar-refractivity contribution in [3.63, 3.8) is 0 Å². The Balaban J connectivity index is 2.29. The summed E-state index contributed by atoms with van der Waals surface area (Å²) in [6, 6.07) is 7.52. The molecule has 1 unspecified atom stereocenters. The average molecular weight is 338 g/mol. The molecule has 0 aromatic heterocycles. The molecule has 1 atom stereocenters. The fourth-order valence-electron chi connectivity index (χ4n) is 3.17. The predicted octanol–water partition coefficient (Wildman–Crippen LogP) is 2.93. The molecule has 0 bridgehead atoms. The van der Waals surface area contributed by atoms with Crippen molar-refractivity contribution < 1.29 is 4.79 Å². The van der Waals surface area contributed by atoms with E-state index in [0.29, 0.717) is 5.02 Å². The van der Waals surface area contributed by atoms with E-state index in [1.54, 1.807) is 0 Å². The summed E-state index contributed by atoms with van der Waals surface area (Å²) in [5.41, 5.74) is 1.00. The van der Waals surface area contributed by atoms with E-state index in [-0.39, 0.29) is 11.9 Å². The van der Waals surface area contributed by atoms with Gasteiger partial charge in [-0.25, -0.2) is 0 Å². The number of amides is 1. The maximum atomic E-state index is 13.3. The van der Waals surface area contributed by atoms with Gasteiger partial charge in [-0.1, -0.05) is 37.6 Å². The number of piperazine rings is 1. The third kappa shape index (κ3) is 4.93. The van der Waals surface area contributed by atoms with Crippen LogP contribution in [0.2, 0.25) is 5.02 Å². The molecule has 1 amide bonds. The number of benzene rings is 1. The van der Waals surface area contributed by atoms with Crippen molar-refractivity contribution in [1.82, 2.24) is 15.1 Å². The topological polar surface area (TPSA) is 35.6 Å². The molecule has 128 valence electrons. The molecule has 1 saturated heterocycles. The molecular formula is C18H28ClN3O. The SMILES string of the molecule is CCCN(CCC)C(=O)C(c1cccc(Cl)c1)N1CCNCC1. The lowest BCUT2D eigenvalue weighted by Gasteiger charge is -2.37. The maximum absolute atomic E-state index is 13.3. The predicted molar refractivity (Wildman–Crippen MR) is 95.8 cm³/mol. The van der Waals surface area contributed by atoms with Crippen LogP contribution in [0.25, 0.3) is 0 Å². The van der Waals surface area contributed by atoms with Gasteiger partial charge in [0.2, 0.25) is 5.91 Å². The summed E-state index contributed by atoms with van der Waals surface area (Å²) >= 11 is 6.18. The summed E-state index contributed by atoms with van der Waals surface area (Å²) in [7, 11) is 0. The number of carbonyl (C=O) groups excluding carboxylic acids is 1. The van der Waals surface area contributed by atoms with Crippen LogP contribution in [-0.2, 0) is 4.79 Å². The number of hydrogen-bond acceptors (Lipinski definition) is 3. The van der Waals surface area contributed by atoms with Gasteiger partial charge >= 0.3 is 0 Å². The Kier molecular flexibility index (Phi) is 7.34. The zero-order chi connectivity index (χ0) is 16.7. The van der Waals surface area contributed by atoms with E-state index >= 15 is 0 Å². The highest BCUT2D eigenvalue weighted by Crippen LogP contribution is 2.26.